The highest BCUT2D eigenvalue weighted by molar-refractivity contribution is 7.17. The first-order valence-corrected chi connectivity index (χ1v) is 11.6. The molecule has 0 aliphatic heterocycles. The van der Waals surface area contributed by atoms with Crippen molar-refractivity contribution < 1.29 is 24.2 Å². The normalized spacial score (nSPS) is 21.2. The van der Waals surface area contributed by atoms with Gasteiger partial charge in [0.05, 0.1) is 18.1 Å². The van der Waals surface area contributed by atoms with Crippen LogP contribution in [0.25, 0.3) is 0 Å². The summed E-state index contributed by atoms with van der Waals surface area (Å²) in [4.78, 5) is 38.7. The lowest BCUT2D eigenvalue weighted by molar-refractivity contribution is -0.313. The minimum absolute atomic E-state index is 0.319. The number of esters is 1. The van der Waals surface area contributed by atoms with Gasteiger partial charge in [-0.15, -0.1) is 11.3 Å². The van der Waals surface area contributed by atoms with Crippen LogP contribution in [0.2, 0.25) is 0 Å². The van der Waals surface area contributed by atoms with Gasteiger partial charge in [0.15, 0.2) is 0 Å². The number of aliphatic carboxylic acids is 1. The molecule has 3 rings (SSSR count). The predicted octanol–water partition coefficient (Wildman–Crippen LogP) is 3.63. The maximum absolute atomic E-state index is 13.1. The first-order chi connectivity index (χ1) is 14.3. The molecule has 0 aromatic carbocycles. The molecule has 1 heterocycles. The number of anilines is 1. The van der Waals surface area contributed by atoms with Crippen LogP contribution in [0.5, 0.6) is 0 Å². The zero-order chi connectivity index (χ0) is 21.8. The number of aryl methyl sites for hydroxylation is 1. The number of ether oxygens (including phenoxy) is 1. The predicted molar refractivity (Wildman–Crippen MR) is 114 cm³/mol. The topological polar surface area (TPSA) is 95.5 Å². The van der Waals surface area contributed by atoms with Crippen molar-refractivity contribution in [2.75, 3.05) is 11.9 Å². The Balaban J connectivity index is 1.86. The Hall–Kier alpha value is -2.15. The van der Waals surface area contributed by atoms with Crippen molar-refractivity contribution in [3.63, 3.8) is 0 Å². The summed E-state index contributed by atoms with van der Waals surface area (Å²) in [5.74, 6) is -3.53. The number of carboxylic acids is 1. The lowest BCUT2D eigenvalue weighted by Crippen LogP contribution is -2.42. The van der Waals surface area contributed by atoms with Gasteiger partial charge in [-0.05, 0) is 64.4 Å². The molecule has 2 aliphatic carbocycles. The maximum Gasteiger partial charge on any atom is 0.341 e. The number of allylic oxidation sites excluding steroid dienone is 2. The molecule has 1 amide bonds. The van der Waals surface area contributed by atoms with Crippen molar-refractivity contribution in [1.82, 2.24) is 0 Å². The quantitative estimate of drug-likeness (QED) is 0.403. The van der Waals surface area contributed by atoms with Crippen LogP contribution in [0.1, 0.15) is 80.1 Å². The van der Waals surface area contributed by atoms with Crippen molar-refractivity contribution in [3.8, 4) is 0 Å². The van der Waals surface area contributed by atoms with Gasteiger partial charge in [0.2, 0.25) is 5.91 Å². The highest BCUT2D eigenvalue weighted by atomic mass is 32.1. The smallest absolute Gasteiger partial charge is 0.341 e. The number of carboxylic acid groups (broad SMARTS) is 1. The molecular formula is C23H30NO5S-. The van der Waals surface area contributed by atoms with Crippen molar-refractivity contribution in [2.45, 2.75) is 72.1 Å². The molecule has 1 aromatic heterocycles. The number of unbranched alkanes of at least 4 members (excludes halogenated alkanes) is 1. The number of thiophene rings is 1. The second-order valence-corrected chi connectivity index (χ2v) is 9.50. The van der Waals surface area contributed by atoms with E-state index in [1.54, 1.807) is 0 Å². The van der Waals surface area contributed by atoms with Gasteiger partial charge in [-0.1, -0.05) is 24.5 Å². The van der Waals surface area contributed by atoms with Gasteiger partial charge < -0.3 is 20.0 Å². The molecule has 164 valence electrons. The van der Waals surface area contributed by atoms with Crippen LogP contribution in [0, 0.1) is 11.8 Å². The van der Waals surface area contributed by atoms with Gasteiger partial charge in [0, 0.05) is 16.8 Å². The van der Waals surface area contributed by atoms with Crippen LogP contribution in [0.4, 0.5) is 5.00 Å². The van der Waals surface area contributed by atoms with E-state index in [-0.39, 0.29) is 5.91 Å². The Morgan fingerprint density at radius 3 is 2.43 bits per heavy atom. The highest BCUT2D eigenvalue weighted by Gasteiger charge is 2.35. The first kappa shape index (κ1) is 22.5. The molecule has 0 fully saturated rings. The van der Waals surface area contributed by atoms with Crippen molar-refractivity contribution >= 4 is 34.2 Å². The van der Waals surface area contributed by atoms with E-state index in [1.165, 1.54) is 11.3 Å². The molecule has 0 unspecified atom stereocenters. The van der Waals surface area contributed by atoms with Gasteiger partial charge in [0.25, 0.3) is 0 Å². The zero-order valence-corrected chi connectivity index (χ0v) is 18.8. The van der Waals surface area contributed by atoms with E-state index in [0.29, 0.717) is 30.0 Å². The summed E-state index contributed by atoms with van der Waals surface area (Å²) in [6, 6.07) is 0. The van der Waals surface area contributed by atoms with E-state index in [1.807, 2.05) is 20.8 Å². The number of amides is 1. The molecule has 30 heavy (non-hydrogen) atoms. The standard InChI is InChI=1S/C23H31NO5S/c1-4-5-10-29-23(28)19-15-8-6-7-9-18(15)30-21(19)24-20(25)16-11-13(2)14(3)12-17(16)22(26)27/h16-17H,4-12H2,1-3H3,(H,24,25)(H,26,27)/p-1/t16-,17-/m0/s1. The van der Waals surface area contributed by atoms with E-state index in [4.69, 9.17) is 4.74 Å². The Morgan fingerprint density at radius 2 is 1.77 bits per heavy atom. The molecule has 6 nitrogen and oxygen atoms in total. The van der Waals surface area contributed by atoms with Gasteiger partial charge in [0.1, 0.15) is 5.00 Å². The monoisotopic (exact) mass is 432 g/mol. The lowest BCUT2D eigenvalue weighted by atomic mass is 9.76. The van der Waals surface area contributed by atoms with Crippen LogP contribution in [-0.2, 0) is 27.2 Å². The fourth-order valence-corrected chi connectivity index (χ4v) is 5.55. The summed E-state index contributed by atoms with van der Waals surface area (Å²) >= 11 is 1.42. The largest absolute Gasteiger partial charge is 0.550 e. The molecular weight excluding hydrogens is 402 g/mol. The van der Waals surface area contributed by atoms with E-state index in [9.17, 15) is 19.5 Å². The third-order valence-corrected chi connectivity index (χ3v) is 7.46. The molecule has 0 spiro atoms. The average Bonchev–Trinajstić information content (AvgIpc) is 3.07. The Bertz CT molecular complexity index is 869. The molecule has 0 bridgehead atoms. The molecule has 0 radical (unpaired) electrons. The summed E-state index contributed by atoms with van der Waals surface area (Å²) in [7, 11) is 0. The molecule has 1 aromatic rings. The van der Waals surface area contributed by atoms with Crippen LogP contribution < -0.4 is 10.4 Å². The molecule has 2 aliphatic rings. The molecule has 7 heteroatoms. The van der Waals surface area contributed by atoms with Crippen LogP contribution in [0.15, 0.2) is 11.1 Å². The Labute approximate surface area is 181 Å². The lowest BCUT2D eigenvalue weighted by Gasteiger charge is -2.32. The number of hydrogen-bond acceptors (Lipinski definition) is 6. The van der Waals surface area contributed by atoms with E-state index in [2.05, 4.69) is 5.32 Å². The summed E-state index contributed by atoms with van der Waals surface area (Å²) < 4.78 is 5.46. The van der Waals surface area contributed by atoms with Gasteiger partial charge in [-0.3, -0.25) is 4.79 Å². The van der Waals surface area contributed by atoms with E-state index in [0.717, 1.165) is 60.1 Å². The third kappa shape index (κ3) is 4.77. The second-order valence-electron chi connectivity index (χ2n) is 8.39. The number of carbonyl (C=O) groups is 3. The number of nitrogens with one attached hydrogen (secondary N) is 1. The molecule has 0 saturated carbocycles. The molecule has 0 saturated heterocycles. The fraction of sp³-hybridized carbons (Fsp3) is 0.609. The van der Waals surface area contributed by atoms with Gasteiger partial charge in [-0.2, -0.15) is 0 Å². The van der Waals surface area contributed by atoms with Crippen LogP contribution >= 0.6 is 11.3 Å². The number of hydrogen-bond donors (Lipinski definition) is 1. The van der Waals surface area contributed by atoms with Gasteiger partial charge >= 0.3 is 5.97 Å². The van der Waals surface area contributed by atoms with Crippen molar-refractivity contribution in [2.24, 2.45) is 11.8 Å². The highest BCUT2D eigenvalue weighted by Crippen LogP contribution is 2.40. The van der Waals surface area contributed by atoms with Crippen molar-refractivity contribution in [3.05, 3.63) is 27.2 Å². The summed E-state index contributed by atoms with van der Waals surface area (Å²) in [5, 5.41) is 15.1. The van der Waals surface area contributed by atoms with Gasteiger partial charge in [-0.25, -0.2) is 4.79 Å². The molecule has 1 N–H and O–H groups in total. The average molecular weight is 433 g/mol. The Morgan fingerprint density at radius 1 is 1.10 bits per heavy atom. The van der Waals surface area contributed by atoms with E-state index >= 15 is 0 Å². The minimum atomic E-state index is -1.20. The van der Waals surface area contributed by atoms with Crippen LogP contribution in [-0.4, -0.2) is 24.5 Å². The van der Waals surface area contributed by atoms with E-state index < -0.39 is 23.8 Å². The first-order valence-electron chi connectivity index (χ1n) is 10.8. The number of fused-ring (bicyclic) bond motifs is 1. The Kier molecular flexibility index (Phi) is 7.34. The van der Waals surface area contributed by atoms with Crippen molar-refractivity contribution in [1.29, 1.82) is 0 Å². The SMILES string of the molecule is CCCCOC(=O)c1c(NC(=O)[C@H]2CC(C)=C(C)C[C@@H]2C(=O)[O-])sc2c1CCCC2. The fourth-order valence-electron chi connectivity index (χ4n) is 4.27. The third-order valence-electron chi connectivity index (χ3n) is 6.25. The second kappa shape index (κ2) is 9.77. The summed E-state index contributed by atoms with van der Waals surface area (Å²) in [5.41, 5.74) is 3.48. The number of rotatable bonds is 7. The maximum atomic E-state index is 13.1. The van der Waals surface area contributed by atoms with Crippen LogP contribution in [0.3, 0.4) is 0 Å². The summed E-state index contributed by atoms with van der Waals surface area (Å²) in [6.07, 6.45) is 6.17. The molecule has 2 atom stereocenters. The minimum Gasteiger partial charge on any atom is -0.550 e. The summed E-state index contributed by atoms with van der Waals surface area (Å²) in [6.45, 7) is 6.21. The zero-order valence-electron chi connectivity index (χ0n) is 18.0. The number of carbonyl (C=O) groups excluding carboxylic acids is 3.